The summed E-state index contributed by atoms with van der Waals surface area (Å²) in [5, 5.41) is 23.4. The lowest BCUT2D eigenvalue weighted by atomic mass is 10.0. The summed E-state index contributed by atoms with van der Waals surface area (Å²) in [5.41, 5.74) is 12.3. The van der Waals surface area contributed by atoms with E-state index in [-0.39, 0.29) is 0 Å². The molecule has 15 aromatic rings. The van der Waals surface area contributed by atoms with E-state index in [0.29, 0.717) is 28.3 Å². The molecule has 0 N–H and O–H groups in total. The van der Waals surface area contributed by atoms with Crippen LogP contribution >= 0.6 is 11.3 Å². The lowest BCUT2D eigenvalue weighted by molar-refractivity contribution is 1.03. The minimum Gasteiger partial charge on any atom is -0.318 e. The largest absolute Gasteiger partial charge is 0.318 e. The molecule has 0 aliphatic carbocycles. The van der Waals surface area contributed by atoms with Gasteiger partial charge >= 0.3 is 0 Å². The van der Waals surface area contributed by atoms with Crippen molar-refractivity contribution in [2.75, 3.05) is 0 Å². The minimum absolute atomic E-state index is 0.375. The zero-order valence-electron chi connectivity index (χ0n) is 37.6. The Morgan fingerprint density at radius 2 is 0.814 bits per heavy atom. The van der Waals surface area contributed by atoms with Crippen molar-refractivity contribution in [1.82, 2.24) is 18.3 Å². The van der Waals surface area contributed by atoms with Crippen LogP contribution in [0.3, 0.4) is 0 Å². The molecule has 0 unspecified atom stereocenters. The van der Waals surface area contributed by atoms with Crippen molar-refractivity contribution in [2.24, 2.45) is 0 Å². The van der Waals surface area contributed by atoms with Crippen molar-refractivity contribution >= 4 is 124 Å². The molecule has 0 fully saturated rings. The highest BCUT2D eigenvalue weighted by molar-refractivity contribution is 7.26. The number of aromatic nitrogens is 4. The van der Waals surface area contributed by atoms with Gasteiger partial charge in [0.1, 0.15) is 6.07 Å². The van der Waals surface area contributed by atoms with Crippen molar-refractivity contribution < 1.29 is 0 Å². The summed E-state index contributed by atoms with van der Waals surface area (Å²) >= 11 is 1.80. The van der Waals surface area contributed by atoms with Gasteiger partial charge in [-0.3, -0.25) is 0 Å². The Hall–Kier alpha value is -9.40. The number of nitrogens with zero attached hydrogens (tertiary/aromatic N) is 6. The van der Waals surface area contributed by atoms with E-state index >= 15 is 0 Å². The number of aryl methyl sites for hydroxylation is 1. The van der Waals surface area contributed by atoms with Crippen LogP contribution in [-0.4, -0.2) is 18.3 Å². The first-order valence-corrected chi connectivity index (χ1v) is 24.3. The second-order valence-electron chi connectivity index (χ2n) is 18.2. The molecule has 7 heteroatoms. The van der Waals surface area contributed by atoms with Gasteiger partial charge in [-0.2, -0.15) is 5.26 Å². The van der Waals surface area contributed by atoms with Gasteiger partial charge in [0, 0.05) is 58.6 Å². The zero-order chi connectivity index (χ0) is 46.4. The fraction of sp³-hybridized carbons (Fsp3) is 0.0159. The molecule has 0 bridgehead atoms. The Bertz CT molecular complexity index is 4570. The third-order valence-corrected chi connectivity index (χ3v) is 15.8. The van der Waals surface area contributed by atoms with Gasteiger partial charge in [-0.15, -0.1) is 11.3 Å². The Kier molecular flexibility index (Phi) is 7.91. The van der Waals surface area contributed by atoms with Gasteiger partial charge in [0.25, 0.3) is 0 Å². The quantitative estimate of drug-likeness (QED) is 0.162. The molecule has 5 aromatic heterocycles. The molecule has 0 amide bonds. The maximum Gasteiger partial charge on any atom is 0.237 e. The van der Waals surface area contributed by atoms with Crippen molar-refractivity contribution in [3.63, 3.8) is 0 Å². The van der Waals surface area contributed by atoms with Crippen molar-refractivity contribution in [2.45, 2.75) is 6.92 Å². The minimum atomic E-state index is 0.375. The molecule has 0 saturated heterocycles. The molecule has 0 aliphatic rings. The summed E-state index contributed by atoms with van der Waals surface area (Å²) in [7, 11) is 0. The fourth-order valence-corrected chi connectivity index (χ4v) is 13.1. The highest BCUT2D eigenvalue weighted by Gasteiger charge is 2.35. The van der Waals surface area contributed by atoms with E-state index in [4.69, 9.17) is 4.85 Å². The summed E-state index contributed by atoms with van der Waals surface area (Å²) in [4.78, 5) is 4.74. The van der Waals surface area contributed by atoms with E-state index in [0.717, 1.165) is 103 Å². The van der Waals surface area contributed by atoms with Crippen LogP contribution in [0.15, 0.2) is 200 Å². The van der Waals surface area contributed by atoms with Crippen LogP contribution in [0, 0.1) is 24.8 Å². The second-order valence-corrected chi connectivity index (χ2v) is 19.3. The van der Waals surface area contributed by atoms with Gasteiger partial charge in [-0.05, 0) is 61.5 Å². The second kappa shape index (κ2) is 14.3. The van der Waals surface area contributed by atoms with Crippen LogP contribution in [0.4, 0.5) is 5.69 Å². The zero-order valence-corrected chi connectivity index (χ0v) is 38.5. The van der Waals surface area contributed by atoms with E-state index in [1.54, 1.807) is 11.3 Å². The number of para-hydroxylation sites is 6. The van der Waals surface area contributed by atoms with E-state index in [1.165, 1.54) is 15.5 Å². The number of nitriles is 1. The first-order chi connectivity index (χ1) is 34.6. The molecule has 10 aromatic carbocycles. The SMILES string of the molecule is [C-]#[N+]c1c(-n2c3ccccc3c3ccccc32)c(C#N)c(-n2c3ccccc3c3ccccc32)c(-n2c3ccc(C)cc3c3ccc4c5ccccc5sc4c32)c1-n1c2ccccc2c2ccccc21. The summed E-state index contributed by atoms with van der Waals surface area (Å²) in [5.74, 6) is 0. The maximum atomic E-state index is 12.4. The molecule has 0 saturated carbocycles. The molecule has 6 nitrogen and oxygen atoms in total. The standard InChI is InChI=1S/C63H36N6S/c1-37-31-34-55-47(35-37)45-32-33-46-44-23-9-16-30-56(44)70-63(46)60(45)69(55)62-59(67-51-26-12-5-19-40(51)41-20-6-13-27-52(41)67)48(36-64)58(66-49-24-10-3-17-38(49)39-18-4-11-25-50(39)66)57(65-2)61(62)68-53-28-14-7-21-42(53)43-22-8-15-29-54(43)68/h3-35H,1H3. The predicted molar refractivity (Wildman–Crippen MR) is 292 cm³/mol. The van der Waals surface area contributed by atoms with Crippen molar-refractivity contribution in [3.05, 3.63) is 223 Å². The first-order valence-electron chi connectivity index (χ1n) is 23.5. The van der Waals surface area contributed by atoms with Crippen LogP contribution in [0.2, 0.25) is 0 Å². The number of benzene rings is 10. The maximum absolute atomic E-state index is 12.4. The highest BCUT2D eigenvalue weighted by atomic mass is 32.1. The topological polar surface area (TPSA) is 47.9 Å². The fourth-order valence-electron chi connectivity index (χ4n) is 11.9. The van der Waals surface area contributed by atoms with Gasteiger partial charge in [0.2, 0.25) is 5.69 Å². The number of thiophene rings is 1. The summed E-state index contributed by atoms with van der Waals surface area (Å²) in [6.45, 7) is 11.8. The van der Waals surface area contributed by atoms with E-state index in [2.05, 4.69) is 219 Å². The van der Waals surface area contributed by atoms with E-state index in [1.807, 2.05) is 12.1 Å². The monoisotopic (exact) mass is 908 g/mol. The van der Waals surface area contributed by atoms with Gasteiger partial charge in [-0.25, -0.2) is 4.85 Å². The predicted octanol–water partition coefficient (Wildman–Crippen LogP) is 17.2. The van der Waals surface area contributed by atoms with Gasteiger partial charge in [0.05, 0.1) is 83.7 Å². The molecule has 15 rings (SSSR count). The lowest BCUT2D eigenvalue weighted by Gasteiger charge is -2.27. The number of rotatable bonds is 4. The summed E-state index contributed by atoms with van der Waals surface area (Å²) in [6.07, 6.45) is 0. The Labute approximate surface area is 404 Å². The normalized spacial score (nSPS) is 12.0. The van der Waals surface area contributed by atoms with E-state index in [9.17, 15) is 11.8 Å². The summed E-state index contributed by atoms with van der Waals surface area (Å²) < 4.78 is 11.6. The molecule has 324 valence electrons. The number of hydrogen-bond donors (Lipinski definition) is 0. The molecule has 0 radical (unpaired) electrons. The molecular weight excluding hydrogens is 873 g/mol. The summed E-state index contributed by atoms with van der Waals surface area (Å²) in [6, 6.07) is 73.7. The van der Waals surface area contributed by atoms with Crippen LogP contribution in [0.25, 0.3) is 135 Å². The van der Waals surface area contributed by atoms with Crippen LogP contribution < -0.4 is 0 Å². The molecule has 0 spiro atoms. The average Bonchev–Trinajstić information content (AvgIpc) is 4.21. The lowest BCUT2D eigenvalue weighted by Crippen LogP contribution is -2.14. The third kappa shape index (κ3) is 4.98. The Morgan fingerprint density at radius 1 is 0.400 bits per heavy atom. The van der Waals surface area contributed by atoms with Crippen LogP contribution in [-0.2, 0) is 0 Å². The average molecular weight is 909 g/mol. The Morgan fingerprint density at radius 3 is 1.30 bits per heavy atom. The van der Waals surface area contributed by atoms with E-state index < -0.39 is 0 Å². The van der Waals surface area contributed by atoms with Crippen molar-refractivity contribution in [1.29, 1.82) is 5.26 Å². The van der Waals surface area contributed by atoms with Crippen LogP contribution in [0.5, 0.6) is 0 Å². The van der Waals surface area contributed by atoms with Gasteiger partial charge in [-0.1, -0.05) is 151 Å². The Balaban J connectivity index is 1.31. The smallest absolute Gasteiger partial charge is 0.237 e. The van der Waals surface area contributed by atoms with Gasteiger partial charge < -0.3 is 18.3 Å². The van der Waals surface area contributed by atoms with Gasteiger partial charge in [0.15, 0.2) is 0 Å². The third-order valence-electron chi connectivity index (χ3n) is 14.7. The number of fused-ring (bicyclic) bond motifs is 16. The number of hydrogen-bond acceptors (Lipinski definition) is 2. The highest BCUT2D eigenvalue weighted by Crippen LogP contribution is 2.53. The van der Waals surface area contributed by atoms with Crippen LogP contribution in [0.1, 0.15) is 11.1 Å². The van der Waals surface area contributed by atoms with Crippen molar-refractivity contribution in [3.8, 4) is 28.8 Å². The first kappa shape index (κ1) is 38.7. The molecule has 70 heavy (non-hydrogen) atoms. The molecule has 0 atom stereocenters. The molecular formula is C63H36N6S. The molecule has 5 heterocycles. The molecule has 0 aliphatic heterocycles.